The van der Waals surface area contributed by atoms with E-state index in [0.29, 0.717) is 12.8 Å². The van der Waals surface area contributed by atoms with Crippen molar-refractivity contribution in [1.29, 1.82) is 0 Å². The molecule has 0 saturated carbocycles. The molecule has 0 amide bonds. The van der Waals surface area contributed by atoms with Crippen LogP contribution in [0, 0.1) is 11.8 Å². The molecule has 0 aliphatic carbocycles. The Morgan fingerprint density at radius 3 is 1.67 bits per heavy atom. The summed E-state index contributed by atoms with van der Waals surface area (Å²) >= 11 is 0. The zero-order valence-corrected chi connectivity index (χ0v) is 21.3. The molecule has 6 nitrogen and oxygen atoms in total. The van der Waals surface area contributed by atoms with Gasteiger partial charge in [0.25, 0.3) is 0 Å². The van der Waals surface area contributed by atoms with Crippen LogP contribution < -0.4 is 5.32 Å². The number of carbonyl (C=O) groups is 1. The van der Waals surface area contributed by atoms with Crippen molar-refractivity contribution in [3.05, 3.63) is 71.8 Å². The molecule has 2 atom stereocenters. The summed E-state index contributed by atoms with van der Waals surface area (Å²) in [6, 6.07) is 18.6. The molecule has 0 bridgehead atoms. The van der Waals surface area contributed by atoms with Gasteiger partial charge in [0, 0.05) is 0 Å². The number of rotatable bonds is 14. The van der Waals surface area contributed by atoms with Gasteiger partial charge in [-0.1, -0.05) is 88.4 Å². The number of esters is 1. The average molecular weight is 476 g/mol. The zero-order valence-electron chi connectivity index (χ0n) is 20.4. The van der Waals surface area contributed by atoms with Crippen LogP contribution in [0.15, 0.2) is 60.7 Å². The third-order valence-corrected chi connectivity index (χ3v) is 7.27. The van der Waals surface area contributed by atoms with E-state index in [2.05, 4.69) is 5.32 Å². The molecule has 7 heteroatoms. The van der Waals surface area contributed by atoms with Crippen LogP contribution in [-0.4, -0.2) is 24.9 Å². The van der Waals surface area contributed by atoms with Crippen LogP contribution >= 0.6 is 7.60 Å². The summed E-state index contributed by atoms with van der Waals surface area (Å²) in [5.74, 6) is -0.590. The molecular weight excluding hydrogens is 437 g/mol. The predicted octanol–water partition coefficient (Wildman–Crippen LogP) is 6.16. The van der Waals surface area contributed by atoms with Crippen molar-refractivity contribution in [2.75, 3.05) is 7.11 Å². The average Bonchev–Trinajstić information content (AvgIpc) is 2.80. The van der Waals surface area contributed by atoms with E-state index in [9.17, 15) is 9.36 Å². The Hall–Kier alpha value is -1.98. The van der Waals surface area contributed by atoms with Gasteiger partial charge in [-0.3, -0.25) is 14.7 Å². The minimum atomic E-state index is -3.68. The van der Waals surface area contributed by atoms with E-state index in [1.807, 2.05) is 88.4 Å². The smallest absolute Gasteiger partial charge is 0.348 e. The Morgan fingerprint density at radius 1 is 0.818 bits per heavy atom. The van der Waals surface area contributed by atoms with Crippen molar-refractivity contribution in [3.8, 4) is 0 Å². The monoisotopic (exact) mass is 475 g/mol. The van der Waals surface area contributed by atoms with Gasteiger partial charge in [0.15, 0.2) is 0 Å². The second-order valence-electron chi connectivity index (χ2n) is 9.08. The number of methoxy groups -OCH3 is 1. The van der Waals surface area contributed by atoms with Crippen LogP contribution in [0.3, 0.4) is 0 Å². The number of nitrogens with one attached hydrogen (secondary N) is 1. The van der Waals surface area contributed by atoms with Crippen LogP contribution in [-0.2, 0) is 36.4 Å². The van der Waals surface area contributed by atoms with Gasteiger partial charge < -0.3 is 13.8 Å². The van der Waals surface area contributed by atoms with E-state index < -0.39 is 19.4 Å². The second-order valence-corrected chi connectivity index (χ2v) is 11.3. The van der Waals surface area contributed by atoms with Gasteiger partial charge >= 0.3 is 13.6 Å². The Kier molecular flexibility index (Phi) is 11.3. The third-order valence-electron chi connectivity index (χ3n) is 5.17. The standard InChI is InChI=1S/C26H38NO5P/c1-20(2)16-24(26(28)30-5)27-25(17-21(3)4)33(29,31-18-22-12-8-6-9-13-22)32-19-23-14-10-7-11-15-23/h6-15,20-21,24-25,27H,16-19H2,1-5H3/t24-,25+/m0/s1. The Bertz CT molecular complexity index is 825. The first kappa shape index (κ1) is 27.3. The van der Waals surface area contributed by atoms with Gasteiger partial charge in [0.05, 0.1) is 20.3 Å². The van der Waals surface area contributed by atoms with E-state index in [-0.39, 0.29) is 31.0 Å². The fourth-order valence-corrected chi connectivity index (χ4v) is 5.64. The topological polar surface area (TPSA) is 73.9 Å². The number of benzene rings is 2. The lowest BCUT2D eigenvalue weighted by molar-refractivity contribution is -0.143. The first-order valence-electron chi connectivity index (χ1n) is 11.5. The molecule has 0 fully saturated rings. The van der Waals surface area contributed by atoms with Crippen LogP contribution in [0.1, 0.15) is 51.7 Å². The summed E-state index contributed by atoms with van der Waals surface area (Å²) in [4.78, 5) is 12.5. The van der Waals surface area contributed by atoms with Crippen molar-refractivity contribution >= 4 is 13.6 Å². The normalized spacial score (nSPS) is 13.8. The largest absolute Gasteiger partial charge is 0.468 e. The van der Waals surface area contributed by atoms with Crippen molar-refractivity contribution in [2.45, 2.75) is 65.6 Å². The molecule has 1 N–H and O–H groups in total. The van der Waals surface area contributed by atoms with E-state index >= 15 is 0 Å². The van der Waals surface area contributed by atoms with Gasteiger partial charge in [0.2, 0.25) is 0 Å². The van der Waals surface area contributed by atoms with Crippen molar-refractivity contribution in [2.24, 2.45) is 11.8 Å². The summed E-state index contributed by atoms with van der Waals surface area (Å²) in [6.45, 7) is 8.46. The first-order valence-corrected chi connectivity index (χ1v) is 13.1. The molecule has 182 valence electrons. The zero-order chi connectivity index (χ0) is 24.3. The summed E-state index contributed by atoms with van der Waals surface area (Å²) in [7, 11) is -2.31. The van der Waals surface area contributed by atoms with Gasteiger partial charge in [-0.2, -0.15) is 0 Å². The minimum Gasteiger partial charge on any atom is -0.468 e. The molecule has 0 aliphatic rings. The molecule has 2 aromatic carbocycles. The first-order chi connectivity index (χ1) is 15.7. The molecule has 0 radical (unpaired) electrons. The fraction of sp³-hybridized carbons (Fsp3) is 0.500. The summed E-state index contributed by atoms with van der Waals surface area (Å²) in [5.41, 5.74) is 1.80. The van der Waals surface area contributed by atoms with Gasteiger partial charge in [-0.25, -0.2) is 0 Å². The lowest BCUT2D eigenvalue weighted by atomic mass is 10.0. The summed E-state index contributed by atoms with van der Waals surface area (Å²) < 4.78 is 31.4. The maximum Gasteiger partial charge on any atom is 0.348 e. The predicted molar refractivity (Wildman–Crippen MR) is 132 cm³/mol. The minimum absolute atomic E-state index is 0.149. The highest BCUT2D eigenvalue weighted by molar-refractivity contribution is 7.54. The van der Waals surface area contributed by atoms with Crippen LogP contribution in [0.4, 0.5) is 0 Å². The van der Waals surface area contributed by atoms with Crippen LogP contribution in [0.2, 0.25) is 0 Å². The lowest BCUT2D eigenvalue weighted by Crippen LogP contribution is -2.45. The molecule has 2 rings (SSSR count). The highest BCUT2D eigenvalue weighted by atomic mass is 31.2. The Balaban J connectivity index is 2.32. The molecule has 33 heavy (non-hydrogen) atoms. The Labute approximate surface area is 198 Å². The lowest BCUT2D eigenvalue weighted by Gasteiger charge is -2.32. The molecule has 0 heterocycles. The van der Waals surface area contributed by atoms with E-state index in [4.69, 9.17) is 13.8 Å². The molecular formula is C26H38NO5P. The van der Waals surface area contributed by atoms with E-state index in [0.717, 1.165) is 11.1 Å². The van der Waals surface area contributed by atoms with Crippen molar-refractivity contribution in [1.82, 2.24) is 5.32 Å². The number of carbonyl (C=O) groups excluding carboxylic acids is 1. The molecule has 0 aromatic heterocycles. The van der Waals surface area contributed by atoms with Crippen molar-refractivity contribution < 1.29 is 23.1 Å². The van der Waals surface area contributed by atoms with Crippen LogP contribution in [0.25, 0.3) is 0 Å². The van der Waals surface area contributed by atoms with Gasteiger partial charge in [0.1, 0.15) is 11.8 Å². The molecule has 0 unspecified atom stereocenters. The second kappa shape index (κ2) is 13.7. The maximum atomic E-state index is 14.3. The fourth-order valence-electron chi connectivity index (χ4n) is 3.51. The third kappa shape index (κ3) is 9.42. The van der Waals surface area contributed by atoms with Crippen molar-refractivity contribution in [3.63, 3.8) is 0 Å². The highest BCUT2D eigenvalue weighted by Gasteiger charge is 2.39. The van der Waals surface area contributed by atoms with Gasteiger partial charge in [-0.05, 0) is 35.8 Å². The molecule has 0 aliphatic heterocycles. The maximum absolute atomic E-state index is 14.3. The van der Waals surface area contributed by atoms with E-state index in [1.165, 1.54) is 7.11 Å². The summed E-state index contributed by atoms with van der Waals surface area (Å²) in [6.07, 6.45) is 1.07. The highest BCUT2D eigenvalue weighted by Crippen LogP contribution is 2.55. The molecule has 2 aromatic rings. The number of ether oxygens (including phenoxy) is 1. The summed E-state index contributed by atoms with van der Waals surface area (Å²) in [5, 5.41) is 3.29. The number of hydrogen-bond donors (Lipinski definition) is 1. The van der Waals surface area contributed by atoms with Gasteiger partial charge in [-0.15, -0.1) is 0 Å². The van der Waals surface area contributed by atoms with Crippen LogP contribution in [0.5, 0.6) is 0 Å². The SMILES string of the molecule is COC(=O)[C@H](CC(C)C)N[C@@H](CC(C)C)P(=O)(OCc1ccccc1)OCc1ccccc1. The quantitative estimate of drug-likeness (QED) is 0.260. The molecule has 0 spiro atoms. The molecule has 0 saturated heterocycles. The Morgan fingerprint density at radius 2 is 1.27 bits per heavy atom. The number of hydrogen-bond acceptors (Lipinski definition) is 6. The van der Waals surface area contributed by atoms with E-state index in [1.54, 1.807) is 0 Å².